The molecule has 0 saturated heterocycles. The molecule has 19 heavy (non-hydrogen) atoms. The SMILES string of the molecule is C[N-]C(CC(C)C)C1(c2ccc(C)cc2)CCC1.[K+]. The fourth-order valence-electron chi connectivity index (χ4n) is 3.28. The van der Waals surface area contributed by atoms with Crippen LogP contribution < -0.4 is 51.4 Å². The Balaban J connectivity index is 0.00000180. The molecule has 1 aromatic carbocycles. The van der Waals surface area contributed by atoms with Crippen molar-refractivity contribution in [2.24, 2.45) is 5.92 Å². The first-order valence-corrected chi connectivity index (χ1v) is 7.24. The van der Waals surface area contributed by atoms with E-state index < -0.39 is 0 Å². The van der Waals surface area contributed by atoms with Crippen LogP contribution in [0.3, 0.4) is 0 Å². The minimum Gasteiger partial charge on any atom is -0.662 e. The number of likely N-dealkylation sites (N-methyl/N-ethyl adjacent to an activating group) is 1. The predicted molar refractivity (Wildman–Crippen MR) is 79.2 cm³/mol. The van der Waals surface area contributed by atoms with E-state index in [-0.39, 0.29) is 51.4 Å². The maximum atomic E-state index is 4.72. The third-order valence-electron chi connectivity index (χ3n) is 4.52. The van der Waals surface area contributed by atoms with Crippen molar-refractivity contribution < 1.29 is 51.4 Å². The molecule has 2 rings (SSSR count). The minimum atomic E-state index is 0. The first-order chi connectivity index (χ1) is 8.58. The molecular formula is C17H26KN. The van der Waals surface area contributed by atoms with Gasteiger partial charge in [-0.2, -0.15) is 7.05 Å². The molecule has 1 aromatic rings. The molecule has 0 bridgehead atoms. The zero-order valence-corrected chi connectivity index (χ0v) is 16.4. The van der Waals surface area contributed by atoms with Crippen molar-refractivity contribution in [3.63, 3.8) is 0 Å². The van der Waals surface area contributed by atoms with E-state index >= 15 is 0 Å². The van der Waals surface area contributed by atoms with Crippen molar-refractivity contribution in [1.82, 2.24) is 0 Å². The Morgan fingerprint density at radius 3 is 2.11 bits per heavy atom. The van der Waals surface area contributed by atoms with Crippen LogP contribution in [-0.2, 0) is 5.41 Å². The molecule has 0 N–H and O–H groups in total. The Kier molecular flexibility index (Phi) is 7.26. The van der Waals surface area contributed by atoms with Crippen LogP contribution in [0, 0.1) is 12.8 Å². The second-order valence-electron chi connectivity index (χ2n) is 6.28. The summed E-state index contributed by atoms with van der Waals surface area (Å²) in [7, 11) is 2.00. The number of rotatable bonds is 5. The van der Waals surface area contributed by atoms with Crippen molar-refractivity contribution in [2.45, 2.75) is 57.9 Å². The van der Waals surface area contributed by atoms with Gasteiger partial charge >= 0.3 is 51.4 Å². The summed E-state index contributed by atoms with van der Waals surface area (Å²) >= 11 is 0. The molecule has 1 unspecified atom stereocenters. The van der Waals surface area contributed by atoms with E-state index in [0.29, 0.717) is 11.5 Å². The molecule has 1 fully saturated rings. The number of nitrogens with zero attached hydrogens (tertiary/aromatic N) is 1. The van der Waals surface area contributed by atoms with E-state index in [4.69, 9.17) is 5.32 Å². The maximum Gasteiger partial charge on any atom is 1.00 e. The topological polar surface area (TPSA) is 14.1 Å². The summed E-state index contributed by atoms with van der Waals surface area (Å²) in [5.41, 5.74) is 3.20. The first-order valence-electron chi connectivity index (χ1n) is 7.24. The predicted octanol–water partition coefficient (Wildman–Crippen LogP) is 1.84. The summed E-state index contributed by atoms with van der Waals surface area (Å²) in [6.45, 7) is 6.77. The van der Waals surface area contributed by atoms with E-state index in [1.165, 1.54) is 36.8 Å². The standard InChI is InChI=1S/C17H26N.K/c1-13(2)12-16(18-4)17(10-5-11-17)15-8-6-14(3)7-9-15;/h6-9,13,16H,5,10-12H2,1-4H3;/q-1;+1. The van der Waals surface area contributed by atoms with Crippen LogP contribution in [0.25, 0.3) is 5.32 Å². The van der Waals surface area contributed by atoms with Gasteiger partial charge in [0.2, 0.25) is 0 Å². The average molecular weight is 283 g/mol. The molecule has 0 aromatic heterocycles. The average Bonchev–Trinajstić information content (AvgIpc) is 2.28. The monoisotopic (exact) mass is 283 g/mol. The van der Waals surface area contributed by atoms with Crippen LogP contribution in [0.1, 0.15) is 50.7 Å². The van der Waals surface area contributed by atoms with Gasteiger partial charge < -0.3 is 5.32 Å². The van der Waals surface area contributed by atoms with Crippen molar-refractivity contribution >= 4 is 0 Å². The largest absolute Gasteiger partial charge is 1.00 e. The Morgan fingerprint density at radius 2 is 1.74 bits per heavy atom. The van der Waals surface area contributed by atoms with Gasteiger partial charge in [0.1, 0.15) is 0 Å². The molecule has 0 aliphatic heterocycles. The van der Waals surface area contributed by atoms with Crippen LogP contribution in [0.15, 0.2) is 24.3 Å². The molecule has 1 aliphatic carbocycles. The quantitative estimate of drug-likeness (QED) is 0.732. The zero-order valence-electron chi connectivity index (χ0n) is 13.2. The van der Waals surface area contributed by atoms with E-state index in [0.717, 1.165) is 5.92 Å². The van der Waals surface area contributed by atoms with Gasteiger partial charge in [0.25, 0.3) is 0 Å². The van der Waals surface area contributed by atoms with Gasteiger partial charge in [0.15, 0.2) is 0 Å². The van der Waals surface area contributed by atoms with Gasteiger partial charge in [-0.25, -0.2) is 0 Å². The van der Waals surface area contributed by atoms with Crippen LogP contribution in [-0.4, -0.2) is 13.1 Å². The Labute approximate surface area is 161 Å². The van der Waals surface area contributed by atoms with Crippen LogP contribution in [0.4, 0.5) is 0 Å². The van der Waals surface area contributed by atoms with Crippen molar-refractivity contribution in [3.8, 4) is 0 Å². The fraction of sp³-hybridized carbons (Fsp3) is 0.647. The van der Waals surface area contributed by atoms with E-state index in [2.05, 4.69) is 45.0 Å². The molecule has 1 aliphatic rings. The van der Waals surface area contributed by atoms with Crippen molar-refractivity contribution in [3.05, 3.63) is 40.7 Å². The van der Waals surface area contributed by atoms with Crippen molar-refractivity contribution in [2.75, 3.05) is 7.05 Å². The molecule has 1 atom stereocenters. The first kappa shape index (κ1) is 17.9. The fourth-order valence-corrected chi connectivity index (χ4v) is 3.28. The molecule has 0 spiro atoms. The maximum absolute atomic E-state index is 4.72. The number of hydrogen-bond acceptors (Lipinski definition) is 0. The van der Waals surface area contributed by atoms with Gasteiger partial charge in [-0.3, -0.25) is 0 Å². The molecule has 1 nitrogen and oxygen atoms in total. The van der Waals surface area contributed by atoms with Crippen molar-refractivity contribution in [1.29, 1.82) is 0 Å². The number of hydrogen-bond donors (Lipinski definition) is 0. The van der Waals surface area contributed by atoms with Crippen LogP contribution in [0.2, 0.25) is 0 Å². The van der Waals surface area contributed by atoms with Crippen LogP contribution in [0.5, 0.6) is 0 Å². The van der Waals surface area contributed by atoms with Crippen LogP contribution >= 0.6 is 0 Å². The smallest absolute Gasteiger partial charge is 0.662 e. The molecule has 0 radical (unpaired) electrons. The Morgan fingerprint density at radius 1 is 1.16 bits per heavy atom. The molecule has 0 amide bonds. The van der Waals surface area contributed by atoms with Gasteiger partial charge in [-0.15, -0.1) is 6.04 Å². The zero-order chi connectivity index (χ0) is 13.2. The summed E-state index contributed by atoms with van der Waals surface area (Å²) in [6.07, 6.45) is 5.19. The van der Waals surface area contributed by atoms with Gasteiger partial charge in [0, 0.05) is 0 Å². The Hall–Kier alpha value is 0.816. The normalized spacial score (nSPS) is 18.6. The molecular weight excluding hydrogens is 257 g/mol. The van der Waals surface area contributed by atoms with Gasteiger partial charge in [-0.05, 0) is 36.7 Å². The number of aryl methyl sites for hydroxylation is 1. The molecule has 100 valence electrons. The summed E-state index contributed by atoms with van der Waals surface area (Å²) in [5, 5.41) is 4.72. The summed E-state index contributed by atoms with van der Waals surface area (Å²) in [4.78, 5) is 0. The molecule has 1 saturated carbocycles. The molecule has 0 heterocycles. The Bertz CT molecular complexity index is 379. The third kappa shape index (κ3) is 3.93. The summed E-state index contributed by atoms with van der Waals surface area (Å²) < 4.78 is 0. The van der Waals surface area contributed by atoms with E-state index in [1.54, 1.807) is 0 Å². The van der Waals surface area contributed by atoms with Gasteiger partial charge in [0.05, 0.1) is 0 Å². The second-order valence-corrected chi connectivity index (χ2v) is 6.28. The molecule has 2 heteroatoms. The van der Waals surface area contributed by atoms with Gasteiger partial charge in [-0.1, -0.05) is 56.5 Å². The minimum absolute atomic E-state index is 0. The van der Waals surface area contributed by atoms with E-state index in [9.17, 15) is 0 Å². The summed E-state index contributed by atoms with van der Waals surface area (Å²) in [6, 6.07) is 9.64. The third-order valence-corrected chi connectivity index (χ3v) is 4.52. The summed E-state index contributed by atoms with van der Waals surface area (Å²) in [5.74, 6) is 0.724. The second kappa shape index (κ2) is 7.72. The number of benzene rings is 1. The van der Waals surface area contributed by atoms with E-state index in [1.807, 2.05) is 7.05 Å².